The first-order chi connectivity index (χ1) is 17.7. The summed E-state index contributed by atoms with van der Waals surface area (Å²) in [6.07, 6.45) is 1.62. The van der Waals surface area contributed by atoms with Gasteiger partial charge in [-0.05, 0) is 19.1 Å². The molecule has 0 atom stereocenters. The van der Waals surface area contributed by atoms with E-state index in [-0.39, 0.29) is 6.09 Å². The van der Waals surface area contributed by atoms with Crippen LogP contribution in [0, 0.1) is 0 Å². The van der Waals surface area contributed by atoms with Gasteiger partial charge in [0.05, 0.1) is 41.8 Å². The lowest BCUT2D eigenvalue weighted by Crippen LogP contribution is -2.48. The highest BCUT2D eigenvalue weighted by atomic mass is 32.1. The van der Waals surface area contributed by atoms with E-state index in [1.807, 2.05) is 25.3 Å². The third kappa shape index (κ3) is 4.49. The highest BCUT2D eigenvalue weighted by molar-refractivity contribution is 7.19. The Hall–Kier alpha value is -3.28. The summed E-state index contributed by atoms with van der Waals surface area (Å²) in [6, 6.07) is 8.27. The summed E-state index contributed by atoms with van der Waals surface area (Å²) >= 11 is 1.76. The first-order valence-electron chi connectivity index (χ1n) is 12.4. The molecular formula is C25H29N7O3S. The Morgan fingerprint density at radius 2 is 1.97 bits per heavy atom. The lowest BCUT2D eigenvalue weighted by Gasteiger charge is -2.33. The molecule has 10 nitrogen and oxygen atoms in total. The Morgan fingerprint density at radius 3 is 2.78 bits per heavy atom. The molecule has 1 aromatic carbocycles. The van der Waals surface area contributed by atoms with Gasteiger partial charge in [0.1, 0.15) is 0 Å². The predicted octanol–water partition coefficient (Wildman–Crippen LogP) is 3.35. The minimum absolute atomic E-state index is 0.218. The van der Waals surface area contributed by atoms with Gasteiger partial charge in [-0.3, -0.25) is 10.00 Å². The molecule has 2 aliphatic heterocycles. The number of aromatic amines is 1. The molecule has 188 valence electrons. The number of rotatable bonds is 5. The van der Waals surface area contributed by atoms with E-state index in [2.05, 4.69) is 32.1 Å². The van der Waals surface area contributed by atoms with Gasteiger partial charge in [0.25, 0.3) is 0 Å². The van der Waals surface area contributed by atoms with E-state index in [1.165, 1.54) is 4.88 Å². The van der Waals surface area contributed by atoms with Crippen LogP contribution in [-0.2, 0) is 16.0 Å². The van der Waals surface area contributed by atoms with Gasteiger partial charge in [-0.2, -0.15) is 5.10 Å². The molecule has 36 heavy (non-hydrogen) atoms. The largest absolute Gasteiger partial charge is 0.450 e. The number of morpholine rings is 1. The fourth-order valence-electron chi connectivity index (χ4n) is 4.84. The fraction of sp³-hybridized carbons (Fsp3) is 0.440. The molecule has 0 spiro atoms. The van der Waals surface area contributed by atoms with Crippen molar-refractivity contribution in [3.8, 4) is 11.4 Å². The smallest absolute Gasteiger partial charge is 0.409 e. The van der Waals surface area contributed by atoms with Crippen molar-refractivity contribution < 1.29 is 14.3 Å². The van der Waals surface area contributed by atoms with Crippen LogP contribution in [0.25, 0.3) is 32.5 Å². The zero-order valence-corrected chi connectivity index (χ0v) is 21.1. The molecule has 0 radical (unpaired) electrons. The number of fused-ring (bicyclic) bond motifs is 2. The number of H-pyrrole nitrogens is 1. The molecule has 11 heteroatoms. The van der Waals surface area contributed by atoms with E-state index in [4.69, 9.17) is 19.4 Å². The SMILES string of the molecule is CCOC(=O)N1CCN(Cc2cc3nc(-c4cccc5[nH]ncc45)nc(N4CCOCC4)c3s2)CC1. The Morgan fingerprint density at radius 1 is 1.14 bits per heavy atom. The summed E-state index contributed by atoms with van der Waals surface area (Å²) in [5.74, 6) is 1.69. The van der Waals surface area contributed by atoms with Gasteiger partial charge < -0.3 is 19.3 Å². The number of carbonyl (C=O) groups is 1. The number of benzene rings is 1. The molecule has 1 N–H and O–H groups in total. The molecule has 2 fully saturated rings. The van der Waals surface area contributed by atoms with Gasteiger partial charge in [0.15, 0.2) is 11.6 Å². The number of amides is 1. The first-order valence-corrected chi connectivity index (χ1v) is 13.2. The van der Waals surface area contributed by atoms with E-state index in [0.717, 1.165) is 65.2 Å². The summed E-state index contributed by atoms with van der Waals surface area (Å²) < 4.78 is 11.9. The van der Waals surface area contributed by atoms with E-state index >= 15 is 0 Å². The number of carbonyl (C=O) groups excluding carboxylic acids is 1. The minimum atomic E-state index is -0.218. The summed E-state index contributed by atoms with van der Waals surface area (Å²) in [5, 5.41) is 8.27. The Bertz CT molecular complexity index is 1370. The lowest BCUT2D eigenvalue weighted by atomic mass is 10.1. The molecular weight excluding hydrogens is 478 g/mol. The van der Waals surface area contributed by atoms with Crippen molar-refractivity contribution in [3.63, 3.8) is 0 Å². The minimum Gasteiger partial charge on any atom is -0.450 e. The predicted molar refractivity (Wildman–Crippen MR) is 139 cm³/mol. The summed E-state index contributed by atoms with van der Waals surface area (Å²) in [5.41, 5.74) is 2.91. The number of nitrogens with one attached hydrogen (secondary N) is 1. The van der Waals surface area contributed by atoms with Crippen molar-refractivity contribution in [2.45, 2.75) is 13.5 Å². The topological polar surface area (TPSA) is 99.7 Å². The third-order valence-electron chi connectivity index (χ3n) is 6.72. The molecule has 0 saturated carbocycles. The van der Waals surface area contributed by atoms with E-state index in [1.54, 1.807) is 16.2 Å². The maximum absolute atomic E-state index is 12.0. The Balaban J connectivity index is 1.31. The number of hydrogen-bond acceptors (Lipinski definition) is 9. The molecule has 5 heterocycles. The molecule has 2 saturated heterocycles. The average molecular weight is 508 g/mol. The van der Waals surface area contributed by atoms with E-state index in [0.29, 0.717) is 38.7 Å². The number of anilines is 1. The third-order valence-corrected chi connectivity index (χ3v) is 7.82. The second-order valence-corrected chi connectivity index (χ2v) is 10.1. The zero-order chi connectivity index (χ0) is 24.5. The van der Waals surface area contributed by atoms with Crippen molar-refractivity contribution in [2.75, 3.05) is 64.0 Å². The van der Waals surface area contributed by atoms with Crippen LogP contribution in [0.2, 0.25) is 0 Å². The molecule has 4 aromatic rings. The van der Waals surface area contributed by atoms with Gasteiger partial charge in [0, 0.05) is 61.6 Å². The van der Waals surface area contributed by atoms with Crippen molar-refractivity contribution >= 4 is 44.4 Å². The molecule has 0 aliphatic carbocycles. The van der Waals surface area contributed by atoms with Gasteiger partial charge in [-0.15, -0.1) is 11.3 Å². The summed E-state index contributed by atoms with van der Waals surface area (Å²) in [6.45, 7) is 9.09. The number of thiophene rings is 1. The highest BCUT2D eigenvalue weighted by Crippen LogP contribution is 2.36. The molecule has 6 rings (SSSR count). The van der Waals surface area contributed by atoms with Crippen LogP contribution < -0.4 is 4.90 Å². The standard InChI is InChI=1S/C25H29N7O3S/c1-2-35-25(33)32-8-6-30(7-9-32)16-17-14-21-22(36-17)24(31-10-12-34-13-11-31)28-23(27-21)18-4-3-5-20-19(18)15-26-29-20/h3-5,14-15H,2,6-13,16H2,1H3,(H,26,29). The van der Waals surface area contributed by atoms with Gasteiger partial charge in [0.2, 0.25) is 0 Å². The van der Waals surface area contributed by atoms with Crippen LogP contribution in [0.3, 0.4) is 0 Å². The van der Waals surface area contributed by atoms with Gasteiger partial charge in [-0.1, -0.05) is 12.1 Å². The Kier molecular flexibility index (Phi) is 6.43. The normalized spacial score (nSPS) is 17.2. The molecule has 3 aromatic heterocycles. The number of nitrogens with zero attached hydrogens (tertiary/aromatic N) is 6. The second kappa shape index (κ2) is 10.00. The molecule has 0 bridgehead atoms. The number of hydrogen-bond donors (Lipinski definition) is 1. The molecule has 2 aliphatic rings. The van der Waals surface area contributed by atoms with Crippen LogP contribution in [0.5, 0.6) is 0 Å². The van der Waals surface area contributed by atoms with Crippen LogP contribution in [0.15, 0.2) is 30.5 Å². The highest BCUT2D eigenvalue weighted by Gasteiger charge is 2.24. The zero-order valence-electron chi connectivity index (χ0n) is 20.3. The van der Waals surface area contributed by atoms with Gasteiger partial charge in [-0.25, -0.2) is 14.8 Å². The van der Waals surface area contributed by atoms with Crippen molar-refractivity contribution in [1.82, 2.24) is 30.0 Å². The Labute approximate surface area is 212 Å². The summed E-state index contributed by atoms with van der Waals surface area (Å²) in [4.78, 5) is 29.9. The van der Waals surface area contributed by atoms with Crippen molar-refractivity contribution in [1.29, 1.82) is 0 Å². The number of ether oxygens (including phenoxy) is 2. The lowest BCUT2D eigenvalue weighted by molar-refractivity contribution is 0.0781. The molecule has 0 unspecified atom stereocenters. The summed E-state index contributed by atoms with van der Waals surface area (Å²) in [7, 11) is 0. The van der Waals surface area contributed by atoms with Crippen molar-refractivity contribution in [3.05, 3.63) is 35.3 Å². The first kappa shape index (κ1) is 23.1. The van der Waals surface area contributed by atoms with Crippen LogP contribution in [0.4, 0.5) is 10.6 Å². The number of piperazine rings is 1. The monoisotopic (exact) mass is 507 g/mol. The van der Waals surface area contributed by atoms with Crippen LogP contribution in [-0.4, -0.2) is 95.1 Å². The average Bonchev–Trinajstić information content (AvgIpc) is 3.56. The van der Waals surface area contributed by atoms with Crippen molar-refractivity contribution in [2.24, 2.45) is 0 Å². The fourth-order valence-corrected chi connectivity index (χ4v) is 5.99. The van der Waals surface area contributed by atoms with Crippen LogP contribution >= 0.6 is 11.3 Å². The molecule has 1 amide bonds. The van der Waals surface area contributed by atoms with Crippen LogP contribution in [0.1, 0.15) is 11.8 Å². The quantitative estimate of drug-likeness (QED) is 0.439. The van der Waals surface area contributed by atoms with Gasteiger partial charge >= 0.3 is 6.09 Å². The van der Waals surface area contributed by atoms with E-state index in [9.17, 15) is 4.79 Å². The second-order valence-electron chi connectivity index (χ2n) is 9.00. The number of aromatic nitrogens is 4. The maximum Gasteiger partial charge on any atom is 0.409 e. The maximum atomic E-state index is 12.0. The van der Waals surface area contributed by atoms with E-state index < -0.39 is 0 Å².